The SMILES string of the molecule is CCc1cnccc1-c1nc(CO)cs1. The minimum atomic E-state index is 0.00302. The van der Waals surface area contributed by atoms with Gasteiger partial charge in [0.25, 0.3) is 0 Å². The number of rotatable bonds is 3. The summed E-state index contributed by atoms with van der Waals surface area (Å²) in [6.45, 7) is 2.10. The van der Waals surface area contributed by atoms with Crippen molar-refractivity contribution in [1.82, 2.24) is 9.97 Å². The number of hydrogen-bond donors (Lipinski definition) is 1. The lowest BCUT2D eigenvalue weighted by Crippen LogP contribution is -1.89. The van der Waals surface area contributed by atoms with Crippen molar-refractivity contribution in [2.75, 3.05) is 0 Å². The zero-order chi connectivity index (χ0) is 10.7. The van der Waals surface area contributed by atoms with Crippen molar-refractivity contribution in [3.05, 3.63) is 35.1 Å². The molecule has 0 saturated heterocycles. The van der Waals surface area contributed by atoms with Crippen molar-refractivity contribution in [1.29, 1.82) is 0 Å². The lowest BCUT2D eigenvalue weighted by atomic mass is 10.1. The number of aliphatic hydroxyl groups excluding tert-OH is 1. The predicted octanol–water partition coefficient (Wildman–Crippen LogP) is 2.26. The van der Waals surface area contributed by atoms with E-state index in [2.05, 4.69) is 16.9 Å². The second kappa shape index (κ2) is 4.51. The van der Waals surface area contributed by atoms with E-state index in [1.54, 1.807) is 17.5 Å². The molecule has 0 atom stereocenters. The zero-order valence-corrected chi connectivity index (χ0v) is 9.29. The molecule has 78 valence electrons. The number of aryl methyl sites for hydroxylation is 1. The summed E-state index contributed by atoms with van der Waals surface area (Å²) >= 11 is 1.56. The second-order valence-corrected chi connectivity index (χ2v) is 4.05. The Labute approximate surface area is 92.5 Å². The number of aromatic nitrogens is 2. The number of nitrogens with zero attached hydrogens (tertiary/aromatic N) is 2. The van der Waals surface area contributed by atoms with E-state index in [4.69, 9.17) is 5.11 Å². The predicted molar refractivity (Wildman–Crippen MR) is 60.6 cm³/mol. The first-order valence-electron chi connectivity index (χ1n) is 4.83. The monoisotopic (exact) mass is 220 g/mol. The molecule has 2 aromatic heterocycles. The van der Waals surface area contributed by atoms with Gasteiger partial charge >= 0.3 is 0 Å². The molecule has 3 nitrogen and oxygen atoms in total. The molecule has 0 aliphatic heterocycles. The third kappa shape index (κ3) is 2.06. The molecule has 2 aromatic rings. The van der Waals surface area contributed by atoms with E-state index in [9.17, 15) is 0 Å². The van der Waals surface area contributed by atoms with Crippen LogP contribution < -0.4 is 0 Å². The topological polar surface area (TPSA) is 46.0 Å². The van der Waals surface area contributed by atoms with Gasteiger partial charge in [-0.1, -0.05) is 6.92 Å². The Hall–Kier alpha value is -1.26. The highest BCUT2D eigenvalue weighted by Gasteiger charge is 2.07. The van der Waals surface area contributed by atoms with E-state index in [0.29, 0.717) is 0 Å². The van der Waals surface area contributed by atoms with Crippen LogP contribution in [0.4, 0.5) is 0 Å². The van der Waals surface area contributed by atoms with Crippen molar-refractivity contribution in [2.24, 2.45) is 0 Å². The van der Waals surface area contributed by atoms with Gasteiger partial charge in [0.1, 0.15) is 5.01 Å². The average Bonchev–Trinajstić information content (AvgIpc) is 2.77. The van der Waals surface area contributed by atoms with E-state index in [1.807, 2.05) is 17.6 Å². The maximum Gasteiger partial charge on any atom is 0.124 e. The summed E-state index contributed by atoms with van der Waals surface area (Å²) in [5.41, 5.74) is 3.04. The standard InChI is InChI=1S/C11H12N2OS/c1-2-8-5-12-4-3-10(8)11-13-9(6-14)7-15-11/h3-5,7,14H,2,6H2,1H3. The lowest BCUT2D eigenvalue weighted by Gasteiger charge is -2.02. The fourth-order valence-electron chi connectivity index (χ4n) is 1.42. The van der Waals surface area contributed by atoms with Gasteiger partial charge in [0.2, 0.25) is 0 Å². The molecule has 0 amide bonds. The number of pyridine rings is 1. The van der Waals surface area contributed by atoms with Crippen LogP contribution in [0.3, 0.4) is 0 Å². The second-order valence-electron chi connectivity index (χ2n) is 3.19. The molecular weight excluding hydrogens is 208 g/mol. The Balaban J connectivity index is 2.44. The molecule has 0 aromatic carbocycles. The molecule has 0 saturated carbocycles. The quantitative estimate of drug-likeness (QED) is 0.863. The first kappa shape index (κ1) is 10.3. The van der Waals surface area contributed by atoms with Crippen LogP contribution >= 0.6 is 11.3 Å². The normalized spacial score (nSPS) is 10.5. The first-order valence-corrected chi connectivity index (χ1v) is 5.71. The molecule has 0 fully saturated rings. The molecule has 0 aliphatic rings. The maximum atomic E-state index is 8.96. The van der Waals surface area contributed by atoms with Crippen LogP contribution in [0.25, 0.3) is 10.6 Å². The van der Waals surface area contributed by atoms with Gasteiger partial charge in [0.05, 0.1) is 12.3 Å². The maximum absolute atomic E-state index is 8.96. The van der Waals surface area contributed by atoms with Crippen LogP contribution in [-0.2, 0) is 13.0 Å². The fraction of sp³-hybridized carbons (Fsp3) is 0.273. The van der Waals surface area contributed by atoms with E-state index in [0.717, 1.165) is 22.7 Å². The molecule has 2 heterocycles. The summed E-state index contributed by atoms with van der Waals surface area (Å²) in [7, 11) is 0. The number of thiazole rings is 1. The van der Waals surface area contributed by atoms with Gasteiger partial charge < -0.3 is 5.11 Å². The molecule has 0 unspecified atom stereocenters. The molecule has 15 heavy (non-hydrogen) atoms. The van der Waals surface area contributed by atoms with Crippen LogP contribution in [0.5, 0.6) is 0 Å². The van der Waals surface area contributed by atoms with Crippen molar-refractivity contribution < 1.29 is 5.11 Å². The summed E-state index contributed by atoms with van der Waals surface area (Å²) < 4.78 is 0. The molecule has 0 aliphatic carbocycles. The Morgan fingerprint density at radius 3 is 3.00 bits per heavy atom. The van der Waals surface area contributed by atoms with Gasteiger partial charge in [-0.2, -0.15) is 0 Å². The fourth-order valence-corrected chi connectivity index (χ4v) is 2.29. The van der Waals surface area contributed by atoms with E-state index in [1.165, 1.54) is 5.56 Å². The Morgan fingerprint density at radius 2 is 2.33 bits per heavy atom. The van der Waals surface area contributed by atoms with Gasteiger partial charge in [-0.15, -0.1) is 11.3 Å². The first-order chi connectivity index (χ1) is 7.35. The van der Waals surface area contributed by atoms with Gasteiger partial charge in [-0.05, 0) is 18.1 Å². The summed E-state index contributed by atoms with van der Waals surface area (Å²) in [6.07, 6.45) is 4.58. The Morgan fingerprint density at radius 1 is 1.47 bits per heavy atom. The van der Waals surface area contributed by atoms with Crippen LogP contribution in [0, 0.1) is 0 Å². The van der Waals surface area contributed by atoms with E-state index >= 15 is 0 Å². The minimum Gasteiger partial charge on any atom is -0.390 e. The molecule has 0 spiro atoms. The Bertz CT molecular complexity index is 453. The van der Waals surface area contributed by atoms with Crippen LogP contribution in [0.15, 0.2) is 23.8 Å². The minimum absolute atomic E-state index is 0.00302. The highest BCUT2D eigenvalue weighted by atomic mass is 32.1. The van der Waals surface area contributed by atoms with Crippen LogP contribution in [-0.4, -0.2) is 15.1 Å². The van der Waals surface area contributed by atoms with Gasteiger partial charge in [0, 0.05) is 23.3 Å². The smallest absolute Gasteiger partial charge is 0.124 e. The summed E-state index contributed by atoms with van der Waals surface area (Å²) in [6, 6.07) is 1.97. The third-order valence-corrected chi connectivity index (χ3v) is 3.15. The zero-order valence-electron chi connectivity index (χ0n) is 8.47. The molecule has 1 N–H and O–H groups in total. The van der Waals surface area contributed by atoms with Crippen molar-refractivity contribution in [3.63, 3.8) is 0 Å². The summed E-state index contributed by atoms with van der Waals surface area (Å²) in [5, 5.41) is 11.8. The number of aliphatic hydroxyl groups is 1. The van der Waals surface area contributed by atoms with Gasteiger partial charge in [-0.3, -0.25) is 4.98 Å². The average molecular weight is 220 g/mol. The van der Waals surface area contributed by atoms with Crippen molar-refractivity contribution in [3.8, 4) is 10.6 Å². The molecule has 2 rings (SSSR count). The van der Waals surface area contributed by atoms with Crippen LogP contribution in [0.2, 0.25) is 0 Å². The molecule has 4 heteroatoms. The summed E-state index contributed by atoms with van der Waals surface area (Å²) in [5.74, 6) is 0. The van der Waals surface area contributed by atoms with Gasteiger partial charge in [0.15, 0.2) is 0 Å². The van der Waals surface area contributed by atoms with Crippen molar-refractivity contribution >= 4 is 11.3 Å². The molecule has 0 bridgehead atoms. The highest BCUT2D eigenvalue weighted by Crippen LogP contribution is 2.26. The lowest BCUT2D eigenvalue weighted by molar-refractivity contribution is 0.278. The molecular formula is C11H12N2OS. The summed E-state index contributed by atoms with van der Waals surface area (Å²) in [4.78, 5) is 8.44. The van der Waals surface area contributed by atoms with Gasteiger partial charge in [-0.25, -0.2) is 4.98 Å². The Kier molecular flexibility index (Phi) is 3.08. The largest absolute Gasteiger partial charge is 0.390 e. The van der Waals surface area contributed by atoms with E-state index in [-0.39, 0.29) is 6.61 Å². The van der Waals surface area contributed by atoms with E-state index < -0.39 is 0 Å². The third-order valence-electron chi connectivity index (χ3n) is 2.23. The van der Waals surface area contributed by atoms with Crippen molar-refractivity contribution in [2.45, 2.75) is 20.0 Å². The number of hydrogen-bond acceptors (Lipinski definition) is 4. The molecule has 0 radical (unpaired) electrons. The highest BCUT2D eigenvalue weighted by molar-refractivity contribution is 7.13. The van der Waals surface area contributed by atoms with Crippen LogP contribution in [0.1, 0.15) is 18.2 Å².